The lowest BCUT2D eigenvalue weighted by Gasteiger charge is -2.18. The van der Waals surface area contributed by atoms with E-state index >= 15 is 0 Å². The van der Waals surface area contributed by atoms with Crippen molar-refractivity contribution in [3.05, 3.63) is 65.7 Å². The van der Waals surface area contributed by atoms with Crippen LogP contribution in [0.4, 0.5) is 0 Å². The Hall–Kier alpha value is -1.84. The van der Waals surface area contributed by atoms with Gasteiger partial charge < -0.3 is 14.8 Å². The maximum Gasteiger partial charge on any atom is 0.124 e. The molecular formula is C20H27NO2. The Kier molecular flexibility index (Phi) is 7.64. The molecule has 0 saturated carbocycles. The van der Waals surface area contributed by atoms with Crippen molar-refractivity contribution in [1.82, 2.24) is 5.32 Å². The predicted molar refractivity (Wildman–Crippen MR) is 95.0 cm³/mol. The second kappa shape index (κ2) is 10.0. The molecule has 1 N–H and O–H groups in total. The summed E-state index contributed by atoms with van der Waals surface area (Å²) >= 11 is 0. The van der Waals surface area contributed by atoms with Crippen molar-refractivity contribution in [1.29, 1.82) is 0 Å². The third-order valence-electron chi connectivity index (χ3n) is 3.87. The predicted octanol–water partition coefficient (Wildman–Crippen LogP) is 4.00. The fourth-order valence-corrected chi connectivity index (χ4v) is 2.57. The highest BCUT2D eigenvalue weighted by Crippen LogP contribution is 2.24. The smallest absolute Gasteiger partial charge is 0.124 e. The zero-order valence-corrected chi connectivity index (χ0v) is 14.1. The molecule has 0 aliphatic rings. The van der Waals surface area contributed by atoms with Gasteiger partial charge in [0.25, 0.3) is 0 Å². The molecule has 0 amide bonds. The normalized spacial score (nSPS) is 12.1. The van der Waals surface area contributed by atoms with Gasteiger partial charge in [0.1, 0.15) is 12.4 Å². The fraction of sp³-hybridized carbons (Fsp3) is 0.400. The van der Waals surface area contributed by atoms with Gasteiger partial charge in [-0.2, -0.15) is 0 Å². The van der Waals surface area contributed by atoms with E-state index in [2.05, 4.69) is 54.7 Å². The maximum atomic E-state index is 5.81. The van der Waals surface area contributed by atoms with Crippen molar-refractivity contribution >= 4 is 0 Å². The first-order valence-corrected chi connectivity index (χ1v) is 8.29. The zero-order chi connectivity index (χ0) is 16.3. The molecule has 3 heteroatoms. The first kappa shape index (κ1) is 17.5. The second-order valence-electron chi connectivity index (χ2n) is 5.64. The summed E-state index contributed by atoms with van der Waals surface area (Å²) < 4.78 is 10.9. The SMILES string of the molecule is COCCOc1ccccc1C(C)NCCCc1ccccc1. The van der Waals surface area contributed by atoms with Crippen LogP contribution in [0.2, 0.25) is 0 Å². The summed E-state index contributed by atoms with van der Waals surface area (Å²) in [7, 11) is 1.69. The van der Waals surface area contributed by atoms with Crippen molar-refractivity contribution in [2.75, 3.05) is 26.9 Å². The average molecular weight is 313 g/mol. The summed E-state index contributed by atoms with van der Waals surface area (Å²) in [5.41, 5.74) is 2.59. The highest BCUT2D eigenvalue weighted by Gasteiger charge is 2.10. The molecule has 1 atom stereocenters. The molecule has 0 heterocycles. The number of benzene rings is 2. The molecular weight excluding hydrogens is 286 g/mol. The Bertz CT molecular complexity index is 557. The molecule has 23 heavy (non-hydrogen) atoms. The quantitative estimate of drug-likeness (QED) is 0.673. The Balaban J connectivity index is 1.79. The topological polar surface area (TPSA) is 30.5 Å². The van der Waals surface area contributed by atoms with Crippen LogP contribution in [0.1, 0.15) is 30.5 Å². The van der Waals surface area contributed by atoms with Crippen LogP contribution in [-0.2, 0) is 11.2 Å². The number of methoxy groups -OCH3 is 1. The summed E-state index contributed by atoms with van der Waals surface area (Å²) in [6.45, 7) is 4.35. The number of nitrogens with one attached hydrogen (secondary N) is 1. The Morgan fingerprint density at radius 2 is 1.70 bits per heavy atom. The third-order valence-corrected chi connectivity index (χ3v) is 3.87. The van der Waals surface area contributed by atoms with Crippen LogP contribution in [0.25, 0.3) is 0 Å². The van der Waals surface area contributed by atoms with E-state index < -0.39 is 0 Å². The van der Waals surface area contributed by atoms with Gasteiger partial charge in [0.05, 0.1) is 6.61 Å². The molecule has 1 unspecified atom stereocenters. The number of para-hydroxylation sites is 1. The summed E-state index contributed by atoms with van der Waals surface area (Å²) in [6, 6.07) is 19.1. The van der Waals surface area contributed by atoms with Crippen LogP contribution in [0.5, 0.6) is 5.75 Å². The first-order valence-electron chi connectivity index (χ1n) is 8.29. The molecule has 0 radical (unpaired) electrons. The molecule has 0 aliphatic carbocycles. The zero-order valence-electron chi connectivity index (χ0n) is 14.1. The van der Waals surface area contributed by atoms with Crippen molar-refractivity contribution in [2.24, 2.45) is 0 Å². The summed E-state index contributed by atoms with van der Waals surface area (Å²) in [5, 5.41) is 3.59. The van der Waals surface area contributed by atoms with Gasteiger partial charge in [-0.05, 0) is 37.9 Å². The molecule has 0 bridgehead atoms. The maximum absolute atomic E-state index is 5.81. The molecule has 3 nitrogen and oxygen atoms in total. The number of ether oxygens (including phenoxy) is 2. The van der Waals surface area contributed by atoms with Gasteiger partial charge in [-0.1, -0.05) is 48.5 Å². The number of hydrogen-bond acceptors (Lipinski definition) is 3. The van der Waals surface area contributed by atoms with Crippen LogP contribution >= 0.6 is 0 Å². The lowest BCUT2D eigenvalue weighted by molar-refractivity contribution is 0.145. The Morgan fingerprint density at radius 1 is 0.957 bits per heavy atom. The van der Waals surface area contributed by atoms with E-state index in [1.54, 1.807) is 7.11 Å². The minimum absolute atomic E-state index is 0.268. The molecule has 0 aromatic heterocycles. The highest BCUT2D eigenvalue weighted by molar-refractivity contribution is 5.35. The first-order chi connectivity index (χ1) is 11.3. The van der Waals surface area contributed by atoms with Crippen molar-refractivity contribution in [3.8, 4) is 5.75 Å². The fourth-order valence-electron chi connectivity index (χ4n) is 2.57. The minimum atomic E-state index is 0.268. The van der Waals surface area contributed by atoms with Crippen molar-refractivity contribution in [3.63, 3.8) is 0 Å². The number of rotatable bonds is 10. The monoisotopic (exact) mass is 313 g/mol. The van der Waals surface area contributed by atoms with E-state index in [0.717, 1.165) is 25.1 Å². The van der Waals surface area contributed by atoms with E-state index in [0.29, 0.717) is 13.2 Å². The van der Waals surface area contributed by atoms with E-state index in [-0.39, 0.29) is 6.04 Å². The molecule has 2 aromatic rings. The highest BCUT2D eigenvalue weighted by atomic mass is 16.5. The van der Waals surface area contributed by atoms with Gasteiger partial charge in [-0.15, -0.1) is 0 Å². The average Bonchev–Trinajstić information content (AvgIpc) is 2.60. The molecule has 0 fully saturated rings. The summed E-state index contributed by atoms with van der Waals surface area (Å²) in [5.74, 6) is 0.938. The van der Waals surface area contributed by atoms with E-state index in [4.69, 9.17) is 9.47 Å². The molecule has 2 rings (SSSR count). The van der Waals surface area contributed by atoms with Crippen molar-refractivity contribution in [2.45, 2.75) is 25.8 Å². The van der Waals surface area contributed by atoms with Crippen LogP contribution in [-0.4, -0.2) is 26.9 Å². The van der Waals surface area contributed by atoms with Gasteiger partial charge in [0.15, 0.2) is 0 Å². The second-order valence-corrected chi connectivity index (χ2v) is 5.64. The van der Waals surface area contributed by atoms with Crippen LogP contribution < -0.4 is 10.1 Å². The number of aryl methyl sites for hydroxylation is 1. The Morgan fingerprint density at radius 3 is 2.48 bits per heavy atom. The Labute approximate surface area is 139 Å². The largest absolute Gasteiger partial charge is 0.491 e. The lowest BCUT2D eigenvalue weighted by Crippen LogP contribution is -2.21. The minimum Gasteiger partial charge on any atom is -0.491 e. The third kappa shape index (κ3) is 6.05. The standard InChI is InChI=1S/C20H27NO2/c1-17(21-14-8-11-18-9-4-3-5-10-18)19-12-6-7-13-20(19)23-16-15-22-2/h3-7,9-10,12-13,17,21H,8,11,14-16H2,1-2H3. The van der Waals surface area contributed by atoms with Gasteiger partial charge >= 0.3 is 0 Å². The van der Waals surface area contributed by atoms with E-state index in [9.17, 15) is 0 Å². The molecule has 0 aliphatic heterocycles. The molecule has 124 valence electrons. The van der Waals surface area contributed by atoms with Crippen molar-refractivity contribution < 1.29 is 9.47 Å². The molecule has 2 aromatic carbocycles. The van der Waals surface area contributed by atoms with Gasteiger partial charge in [0, 0.05) is 18.7 Å². The molecule has 0 spiro atoms. The van der Waals surface area contributed by atoms with E-state index in [1.165, 1.54) is 11.1 Å². The summed E-state index contributed by atoms with van der Waals surface area (Å²) in [6.07, 6.45) is 2.23. The van der Waals surface area contributed by atoms with Crippen LogP contribution in [0, 0.1) is 0 Å². The number of hydrogen-bond donors (Lipinski definition) is 1. The van der Waals surface area contributed by atoms with E-state index in [1.807, 2.05) is 12.1 Å². The molecule has 0 saturated heterocycles. The summed E-state index contributed by atoms with van der Waals surface area (Å²) in [4.78, 5) is 0. The van der Waals surface area contributed by atoms with Gasteiger partial charge in [-0.25, -0.2) is 0 Å². The van der Waals surface area contributed by atoms with Gasteiger partial charge in [0.2, 0.25) is 0 Å². The lowest BCUT2D eigenvalue weighted by atomic mass is 10.1. The van der Waals surface area contributed by atoms with Gasteiger partial charge in [-0.3, -0.25) is 0 Å². The van der Waals surface area contributed by atoms with Crippen LogP contribution in [0.3, 0.4) is 0 Å². The van der Waals surface area contributed by atoms with Crippen LogP contribution in [0.15, 0.2) is 54.6 Å².